The first kappa shape index (κ1) is 12.4. The average molecular weight is 244 g/mol. The van der Waals surface area contributed by atoms with Crippen molar-refractivity contribution in [3.8, 4) is 11.3 Å². The molecule has 1 N–H and O–H groups in total. The second-order valence-electron chi connectivity index (χ2n) is 4.44. The van der Waals surface area contributed by atoms with E-state index in [2.05, 4.69) is 10.3 Å². The molecule has 0 atom stereocenters. The van der Waals surface area contributed by atoms with Crippen LogP contribution in [0.1, 0.15) is 19.4 Å². The molecule has 2 aromatic rings. The number of rotatable bonds is 4. The van der Waals surface area contributed by atoms with Crippen LogP contribution >= 0.6 is 0 Å². The highest BCUT2D eigenvalue weighted by Gasteiger charge is 2.06. The van der Waals surface area contributed by atoms with Crippen LogP contribution in [0.3, 0.4) is 0 Å². The van der Waals surface area contributed by atoms with E-state index in [4.69, 9.17) is 4.42 Å². The highest BCUT2D eigenvalue weighted by molar-refractivity contribution is 5.77. The van der Waals surface area contributed by atoms with Crippen LogP contribution in [-0.4, -0.2) is 10.9 Å². The van der Waals surface area contributed by atoms with Crippen molar-refractivity contribution in [1.29, 1.82) is 0 Å². The van der Waals surface area contributed by atoms with Gasteiger partial charge in [-0.25, -0.2) is 0 Å². The van der Waals surface area contributed by atoms with Crippen LogP contribution < -0.4 is 5.32 Å². The van der Waals surface area contributed by atoms with E-state index in [1.165, 1.54) is 0 Å². The number of pyridine rings is 1. The third kappa shape index (κ3) is 2.97. The van der Waals surface area contributed by atoms with E-state index in [9.17, 15) is 4.79 Å². The monoisotopic (exact) mass is 244 g/mol. The molecule has 94 valence electrons. The summed E-state index contributed by atoms with van der Waals surface area (Å²) in [6.07, 6.45) is 5.04. The van der Waals surface area contributed by atoms with E-state index < -0.39 is 0 Å². The van der Waals surface area contributed by atoms with Crippen LogP contribution in [0.25, 0.3) is 11.3 Å². The van der Waals surface area contributed by atoms with Crippen LogP contribution in [0.5, 0.6) is 0 Å². The van der Waals surface area contributed by atoms with Gasteiger partial charge < -0.3 is 9.73 Å². The van der Waals surface area contributed by atoms with Gasteiger partial charge in [0.1, 0.15) is 0 Å². The smallest absolute Gasteiger partial charge is 0.222 e. The minimum Gasteiger partial charge on any atom is -0.472 e. The van der Waals surface area contributed by atoms with Crippen LogP contribution in [-0.2, 0) is 11.3 Å². The van der Waals surface area contributed by atoms with E-state index in [1.807, 2.05) is 32.0 Å². The normalized spacial score (nSPS) is 10.6. The number of nitrogens with one attached hydrogen (secondary N) is 1. The van der Waals surface area contributed by atoms with Gasteiger partial charge in [0, 0.05) is 24.2 Å². The molecular weight excluding hydrogens is 228 g/mol. The van der Waals surface area contributed by atoms with Crippen molar-refractivity contribution in [3.63, 3.8) is 0 Å². The van der Waals surface area contributed by atoms with Crippen molar-refractivity contribution in [3.05, 3.63) is 42.5 Å². The van der Waals surface area contributed by atoms with Crippen molar-refractivity contribution in [2.24, 2.45) is 5.92 Å². The van der Waals surface area contributed by atoms with Crippen LogP contribution in [0.2, 0.25) is 0 Å². The molecule has 0 spiro atoms. The van der Waals surface area contributed by atoms with Crippen LogP contribution in [0, 0.1) is 5.92 Å². The lowest BCUT2D eigenvalue weighted by atomic mass is 10.2. The van der Waals surface area contributed by atoms with E-state index >= 15 is 0 Å². The number of hydrogen-bond donors (Lipinski definition) is 1. The molecule has 1 amide bonds. The zero-order valence-corrected chi connectivity index (χ0v) is 10.5. The molecule has 18 heavy (non-hydrogen) atoms. The zero-order valence-electron chi connectivity index (χ0n) is 10.5. The standard InChI is InChI=1S/C14H16N2O2/c1-10(2)14(17)16-8-11-3-4-13(15-7-11)12-5-6-18-9-12/h3-7,9-10H,8H2,1-2H3,(H,16,17). The van der Waals surface area contributed by atoms with E-state index in [1.54, 1.807) is 18.7 Å². The van der Waals surface area contributed by atoms with Gasteiger partial charge in [0.25, 0.3) is 0 Å². The molecule has 4 heteroatoms. The number of amides is 1. The number of hydrogen-bond acceptors (Lipinski definition) is 3. The Hall–Kier alpha value is -2.10. The molecule has 2 rings (SSSR count). The third-order valence-electron chi connectivity index (χ3n) is 2.63. The fourth-order valence-corrected chi connectivity index (χ4v) is 1.50. The summed E-state index contributed by atoms with van der Waals surface area (Å²) in [4.78, 5) is 15.8. The van der Waals surface area contributed by atoms with Gasteiger partial charge in [-0.3, -0.25) is 9.78 Å². The van der Waals surface area contributed by atoms with E-state index in [0.717, 1.165) is 16.8 Å². The van der Waals surface area contributed by atoms with Gasteiger partial charge in [-0.05, 0) is 17.7 Å². The van der Waals surface area contributed by atoms with Gasteiger partial charge in [-0.1, -0.05) is 19.9 Å². The highest BCUT2D eigenvalue weighted by Crippen LogP contribution is 2.16. The number of nitrogens with zero attached hydrogens (tertiary/aromatic N) is 1. The number of aromatic nitrogens is 1. The lowest BCUT2D eigenvalue weighted by Gasteiger charge is -2.07. The van der Waals surface area contributed by atoms with Crippen LogP contribution in [0.15, 0.2) is 41.3 Å². The summed E-state index contributed by atoms with van der Waals surface area (Å²) in [7, 11) is 0. The van der Waals surface area contributed by atoms with Gasteiger partial charge in [-0.15, -0.1) is 0 Å². The Bertz CT molecular complexity index is 501. The molecule has 0 aromatic carbocycles. The summed E-state index contributed by atoms with van der Waals surface area (Å²) >= 11 is 0. The predicted molar refractivity (Wildman–Crippen MR) is 68.6 cm³/mol. The molecule has 0 aliphatic rings. The fraction of sp³-hybridized carbons (Fsp3) is 0.286. The summed E-state index contributed by atoms with van der Waals surface area (Å²) < 4.78 is 5.01. The Morgan fingerprint density at radius 2 is 2.22 bits per heavy atom. The lowest BCUT2D eigenvalue weighted by molar-refractivity contribution is -0.124. The molecule has 0 bridgehead atoms. The van der Waals surface area contributed by atoms with E-state index in [0.29, 0.717) is 6.54 Å². The van der Waals surface area contributed by atoms with Crippen molar-refractivity contribution in [2.75, 3.05) is 0 Å². The Morgan fingerprint density at radius 3 is 2.78 bits per heavy atom. The summed E-state index contributed by atoms with van der Waals surface area (Å²) in [5.41, 5.74) is 2.80. The fourth-order valence-electron chi connectivity index (χ4n) is 1.50. The van der Waals surface area contributed by atoms with Crippen molar-refractivity contribution >= 4 is 5.91 Å². The Labute approximate surface area is 106 Å². The predicted octanol–water partition coefficient (Wildman–Crippen LogP) is 2.61. The molecule has 0 radical (unpaired) electrons. The molecule has 0 aliphatic heterocycles. The molecule has 0 fully saturated rings. The molecular formula is C14H16N2O2. The highest BCUT2D eigenvalue weighted by atomic mass is 16.3. The molecule has 0 unspecified atom stereocenters. The van der Waals surface area contributed by atoms with Gasteiger partial charge in [0.15, 0.2) is 0 Å². The summed E-state index contributed by atoms with van der Waals surface area (Å²) in [5, 5.41) is 2.86. The van der Waals surface area contributed by atoms with Crippen molar-refractivity contribution < 1.29 is 9.21 Å². The SMILES string of the molecule is CC(C)C(=O)NCc1ccc(-c2ccoc2)nc1. The van der Waals surface area contributed by atoms with E-state index in [-0.39, 0.29) is 11.8 Å². The average Bonchev–Trinajstić information content (AvgIpc) is 2.90. The molecule has 0 saturated heterocycles. The van der Waals surface area contributed by atoms with Crippen LogP contribution in [0.4, 0.5) is 0 Å². The van der Waals surface area contributed by atoms with Gasteiger partial charge >= 0.3 is 0 Å². The van der Waals surface area contributed by atoms with Crippen molar-refractivity contribution in [1.82, 2.24) is 10.3 Å². The molecule has 2 heterocycles. The second kappa shape index (κ2) is 5.49. The second-order valence-corrected chi connectivity index (χ2v) is 4.44. The van der Waals surface area contributed by atoms with Gasteiger partial charge in [0.05, 0.1) is 18.2 Å². The summed E-state index contributed by atoms with van der Waals surface area (Å²) in [6.45, 7) is 4.25. The first-order chi connectivity index (χ1) is 8.66. The lowest BCUT2D eigenvalue weighted by Crippen LogP contribution is -2.27. The third-order valence-corrected chi connectivity index (χ3v) is 2.63. The first-order valence-corrected chi connectivity index (χ1v) is 5.92. The molecule has 0 aliphatic carbocycles. The number of carbonyl (C=O) groups excluding carboxylic acids is 1. The Morgan fingerprint density at radius 1 is 1.39 bits per heavy atom. The molecule has 4 nitrogen and oxygen atoms in total. The summed E-state index contributed by atoms with van der Waals surface area (Å²) in [5.74, 6) is 0.0528. The van der Waals surface area contributed by atoms with Gasteiger partial charge in [0.2, 0.25) is 5.91 Å². The Balaban J connectivity index is 1.98. The maximum atomic E-state index is 11.4. The number of furan rings is 1. The summed E-state index contributed by atoms with van der Waals surface area (Å²) in [6, 6.07) is 5.74. The molecule has 0 saturated carbocycles. The minimum atomic E-state index is 0.00293. The Kier molecular flexibility index (Phi) is 3.77. The van der Waals surface area contributed by atoms with Gasteiger partial charge in [-0.2, -0.15) is 0 Å². The maximum absolute atomic E-state index is 11.4. The quantitative estimate of drug-likeness (QED) is 0.899. The molecule has 2 aromatic heterocycles. The first-order valence-electron chi connectivity index (χ1n) is 5.92. The largest absolute Gasteiger partial charge is 0.472 e. The number of carbonyl (C=O) groups is 1. The van der Waals surface area contributed by atoms with Crippen molar-refractivity contribution in [2.45, 2.75) is 20.4 Å². The maximum Gasteiger partial charge on any atom is 0.222 e. The minimum absolute atomic E-state index is 0.00293. The topological polar surface area (TPSA) is 55.1 Å². The zero-order chi connectivity index (χ0) is 13.0.